The molecule has 1 saturated heterocycles. The number of amides is 2. The highest BCUT2D eigenvalue weighted by Gasteiger charge is 2.26. The second-order valence-electron chi connectivity index (χ2n) is 4.11. The molecule has 0 radical (unpaired) electrons. The van der Waals surface area contributed by atoms with Crippen LogP contribution in [-0.4, -0.2) is 48.5 Å². The molecule has 6 heteroatoms. The Bertz CT molecular complexity index is 273. The number of alkyl carbamates (subject to hydrolysis) is 1. The molecule has 0 aliphatic carbocycles. The summed E-state index contributed by atoms with van der Waals surface area (Å²) in [6.45, 7) is 1.32. The summed E-state index contributed by atoms with van der Waals surface area (Å²) >= 11 is 3.34. The highest BCUT2D eigenvalue weighted by Crippen LogP contribution is 2.12. The standard InChI is InChI=1S/C11H19BrN2O3/c1-17-11(16)13-9-5-7-14(8-9)10(15)4-2-3-6-12/h9H,2-8H2,1H3,(H,13,16). The zero-order valence-corrected chi connectivity index (χ0v) is 11.7. The van der Waals surface area contributed by atoms with Crippen LogP contribution in [-0.2, 0) is 9.53 Å². The van der Waals surface area contributed by atoms with E-state index in [1.807, 2.05) is 4.90 Å². The molecule has 5 nitrogen and oxygen atoms in total. The SMILES string of the molecule is COC(=O)NC1CCN(C(=O)CCCCBr)C1. The van der Waals surface area contributed by atoms with Crippen LogP contribution < -0.4 is 5.32 Å². The van der Waals surface area contributed by atoms with Gasteiger partial charge in [-0.3, -0.25) is 4.79 Å². The third-order valence-corrected chi connectivity index (χ3v) is 3.38. The lowest BCUT2D eigenvalue weighted by molar-refractivity contribution is -0.130. The van der Waals surface area contributed by atoms with Crippen LogP contribution in [0.25, 0.3) is 0 Å². The van der Waals surface area contributed by atoms with Crippen molar-refractivity contribution in [3.05, 3.63) is 0 Å². The molecular formula is C11H19BrN2O3. The van der Waals surface area contributed by atoms with Crippen molar-refractivity contribution in [3.8, 4) is 0 Å². The highest BCUT2D eigenvalue weighted by atomic mass is 79.9. The minimum Gasteiger partial charge on any atom is -0.453 e. The van der Waals surface area contributed by atoms with Crippen LogP contribution in [0.2, 0.25) is 0 Å². The summed E-state index contributed by atoms with van der Waals surface area (Å²) < 4.78 is 4.53. The van der Waals surface area contributed by atoms with E-state index in [0.29, 0.717) is 13.0 Å². The Balaban J connectivity index is 2.24. The van der Waals surface area contributed by atoms with Gasteiger partial charge in [-0.2, -0.15) is 0 Å². The van der Waals surface area contributed by atoms with Crippen molar-refractivity contribution >= 4 is 27.9 Å². The van der Waals surface area contributed by atoms with E-state index in [1.54, 1.807) is 0 Å². The number of nitrogens with one attached hydrogen (secondary N) is 1. The lowest BCUT2D eigenvalue weighted by atomic mass is 10.2. The molecule has 0 aromatic heterocycles. The quantitative estimate of drug-likeness (QED) is 0.619. The summed E-state index contributed by atoms with van der Waals surface area (Å²) in [5.41, 5.74) is 0. The second kappa shape index (κ2) is 7.53. The largest absolute Gasteiger partial charge is 0.453 e. The number of hydrogen-bond acceptors (Lipinski definition) is 3. The molecule has 0 saturated carbocycles. The molecule has 1 aliphatic heterocycles. The molecule has 0 aromatic rings. The first kappa shape index (κ1) is 14.3. The van der Waals surface area contributed by atoms with Gasteiger partial charge in [0.05, 0.1) is 13.2 Å². The van der Waals surface area contributed by atoms with Gasteiger partial charge >= 0.3 is 6.09 Å². The average Bonchev–Trinajstić information content (AvgIpc) is 2.77. The minimum absolute atomic E-state index is 0.0302. The van der Waals surface area contributed by atoms with Gasteiger partial charge in [0.15, 0.2) is 0 Å². The lowest BCUT2D eigenvalue weighted by Crippen LogP contribution is -2.38. The number of ether oxygens (including phenoxy) is 1. The number of alkyl halides is 1. The summed E-state index contributed by atoms with van der Waals surface area (Å²) in [6, 6.07) is 0.0302. The van der Waals surface area contributed by atoms with Crippen LogP contribution in [0, 0.1) is 0 Å². The van der Waals surface area contributed by atoms with E-state index in [0.717, 1.165) is 31.1 Å². The molecule has 0 spiro atoms. The number of hydrogen-bond donors (Lipinski definition) is 1. The van der Waals surface area contributed by atoms with Crippen LogP contribution in [0.3, 0.4) is 0 Å². The summed E-state index contributed by atoms with van der Waals surface area (Å²) in [7, 11) is 1.34. The Morgan fingerprint density at radius 2 is 2.24 bits per heavy atom. The molecule has 0 bridgehead atoms. The normalized spacial score (nSPS) is 19.2. The van der Waals surface area contributed by atoms with E-state index in [-0.39, 0.29) is 11.9 Å². The van der Waals surface area contributed by atoms with Crippen LogP contribution in [0.4, 0.5) is 4.79 Å². The minimum atomic E-state index is -0.427. The fourth-order valence-corrected chi connectivity index (χ4v) is 2.26. The molecule has 1 rings (SSSR count). The van der Waals surface area contributed by atoms with Gasteiger partial charge in [-0.05, 0) is 19.3 Å². The monoisotopic (exact) mass is 306 g/mol. The number of likely N-dealkylation sites (tertiary alicyclic amines) is 1. The van der Waals surface area contributed by atoms with Crippen molar-refractivity contribution in [2.24, 2.45) is 0 Å². The molecule has 1 atom stereocenters. The Morgan fingerprint density at radius 1 is 1.47 bits per heavy atom. The number of unbranched alkanes of at least 4 members (excludes halogenated alkanes) is 1. The van der Waals surface area contributed by atoms with Crippen LogP contribution in [0.1, 0.15) is 25.7 Å². The van der Waals surface area contributed by atoms with Gasteiger partial charge in [0, 0.05) is 24.8 Å². The van der Waals surface area contributed by atoms with Crippen LogP contribution in [0.5, 0.6) is 0 Å². The number of methoxy groups -OCH3 is 1. The van der Waals surface area contributed by atoms with E-state index >= 15 is 0 Å². The van der Waals surface area contributed by atoms with E-state index in [1.165, 1.54) is 7.11 Å². The molecule has 98 valence electrons. The zero-order chi connectivity index (χ0) is 12.7. The summed E-state index contributed by atoms with van der Waals surface area (Å²) in [5, 5.41) is 3.66. The Kier molecular flexibility index (Phi) is 6.32. The molecule has 1 unspecified atom stereocenters. The first-order chi connectivity index (χ1) is 8.17. The predicted molar refractivity (Wildman–Crippen MR) is 68.2 cm³/mol. The summed E-state index contributed by atoms with van der Waals surface area (Å²) in [6.07, 6.45) is 2.90. The van der Waals surface area contributed by atoms with Crippen LogP contribution >= 0.6 is 15.9 Å². The van der Waals surface area contributed by atoms with E-state index in [2.05, 4.69) is 26.0 Å². The Labute approximate surface area is 110 Å². The van der Waals surface area contributed by atoms with E-state index in [4.69, 9.17) is 0 Å². The molecule has 1 N–H and O–H groups in total. The molecule has 1 aliphatic rings. The van der Waals surface area contributed by atoms with Crippen molar-refractivity contribution in [1.29, 1.82) is 0 Å². The molecule has 1 fully saturated rings. The molecule has 0 aromatic carbocycles. The fraction of sp³-hybridized carbons (Fsp3) is 0.818. The van der Waals surface area contributed by atoms with Crippen molar-refractivity contribution in [3.63, 3.8) is 0 Å². The number of rotatable bonds is 5. The molecular weight excluding hydrogens is 288 g/mol. The first-order valence-electron chi connectivity index (χ1n) is 5.85. The third kappa shape index (κ3) is 4.93. The van der Waals surface area contributed by atoms with Crippen molar-refractivity contribution in [1.82, 2.24) is 10.2 Å². The maximum Gasteiger partial charge on any atom is 0.407 e. The van der Waals surface area contributed by atoms with Gasteiger partial charge in [0.25, 0.3) is 0 Å². The Morgan fingerprint density at radius 3 is 2.88 bits per heavy atom. The first-order valence-corrected chi connectivity index (χ1v) is 6.97. The van der Waals surface area contributed by atoms with Crippen molar-refractivity contribution in [2.75, 3.05) is 25.5 Å². The summed E-state index contributed by atoms with van der Waals surface area (Å²) in [4.78, 5) is 24.6. The lowest BCUT2D eigenvalue weighted by Gasteiger charge is -2.16. The highest BCUT2D eigenvalue weighted by molar-refractivity contribution is 9.09. The number of nitrogens with zero attached hydrogens (tertiary/aromatic N) is 1. The van der Waals surface area contributed by atoms with Gasteiger partial charge in [0.2, 0.25) is 5.91 Å². The number of carbonyl (C=O) groups excluding carboxylic acids is 2. The Hall–Kier alpha value is -0.780. The van der Waals surface area contributed by atoms with Gasteiger partial charge < -0.3 is 15.0 Å². The molecule has 1 heterocycles. The third-order valence-electron chi connectivity index (χ3n) is 2.82. The van der Waals surface area contributed by atoms with Gasteiger partial charge in [-0.15, -0.1) is 0 Å². The van der Waals surface area contributed by atoms with E-state index in [9.17, 15) is 9.59 Å². The fourth-order valence-electron chi connectivity index (χ4n) is 1.86. The van der Waals surface area contributed by atoms with Gasteiger partial charge in [0.1, 0.15) is 0 Å². The maximum atomic E-state index is 11.8. The smallest absolute Gasteiger partial charge is 0.407 e. The van der Waals surface area contributed by atoms with E-state index < -0.39 is 6.09 Å². The van der Waals surface area contributed by atoms with Crippen molar-refractivity contribution in [2.45, 2.75) is 31.7 Å². The number of carbonyl (C=O) groups is 2. The average molecular weight is 307 g/mol. The topological polar surface area (TPSA) is 58.6 Å². The van der Waals surface area contributed by atoms with Crippen molar-refractivity contribution < 1.29 is 14.3 Å². The second-order valence-corrected chi connectivity index (χ2v) is 4.90. The maximum absolute atomic E-state index is 11.8. The molecule has 17 heavy (non-hydrogen) atoms. The zero-order valence-electron chi connectivity index (χ0n) is 10.1. The van der Waals surface area contributed by atoms with Crippen LogP contribution in [0.15, 0.2) is 0 Å². The molecule has 2 amide bonds. The van der Waals surface area contributed by atoms with Gasteiger partial charge in [-0.1, -0.05) is 15.9 Å². The predicted octanol–water partition coefficient (Wildman–Crippen LogP) is 1.51. The van der Waals surface area contributed by atoms with Gasteiger partial charge in [-0.25, -0.2) is 4.79 Å². The summed E-state index contributed by atoms with van der Waals surface area (Å²) in [5.74, 6) is 0.181. The number of halogens is 1.